The maximum atomic E-state index is 5.28. The topological polar surface area (TPSA) is 25.8 Å². The van der Waals surface area contributed by atoms with Gasteiger partial charge in [-0.3, -0.25) is 0 Å². The molecule has 0 spiro atoms. The summed E-state index contributed by atoms with van der Waals surface area (Å²) in [6.07, 6.45) is 0. The zero-order valence-corrected chi connectivity index (χ0v) is 31.9. The summed E-state index contributed by atoms with van der Waals surface area (Å²) in [4.78, 5) is 10.5. The van der Waals surface area contributed by atoms with Crippen LogP contribution >= 0.6 is 0 Å². The van der Waals surface area contributed by atoms with Crippen LogP contribution in [0.2, 0.25) is 0 Å². The van der Waals surface area contributed by atoms with Gasteiger partial charge in [-0.2, -0.15) is 0 Å². The SMILES string of the molecule is CC1(C)c2ccc3ccccc3c2-c2cccc(-c3cccc(-c4ccc(-c5nc(-c6ccccc6)cc(-c6ccc7ccccc7c6)n5)c5ccccc45)c3)c21. The highest BCUT2D eigenvalue weighted by atomic mass is 14.9. The second kappa shape index (κ2) is 13.0. The second-order valence-electron chi connectivity index (χ2n) is 15.7. The molecule has 1 heterocycles. The van der Waals surface area contributed by atoms with Crippen molar-refractivity contribution < 1.29 is 0 Å². The molecule has 1 aromatic heterocycles. The van der Waals surface area contributed by atoms with E-state index in [2.05, 4.69) is 202 Å². The van der Waals surface area contributed by atoms with E-state index in [1.165, 1.54) is 71.4 Å². The van der Waals surface area contributed by atoms with Gasteiger partial charge in [0.1, 0.15) is 0 Å². The van der Waals surface area contributed by atoms with E-state index in [1.807, 2.05) is 6.07 Å². The lowest BCUT2D eigenvalue weighted by Crippen LogP contribution is -2.16. The Kier molecular flexibility index (Phi) is 7.55. The molecule has 2 nitrogen and oxygen atoms in total. The molecule has 2 heteroatoms. The van der Waals surface area contributed by atoms with Crippen molar-refractivity contribution in [1.82, 2.24) is 9.97 Å². The molecule has 0 radical (unpaired) electrons. The van der Waals surface area contributed by atoms with E-state index in [9.17, 15) is 0 Å². The Labute approximate surface area is 332 Å². The van der Waals surface area contributed by atoms with Crippen molar-refractivity contribution in [2.24, 2.45) is 0 Å². The van der Waals surface area contributed by atoms with Crippen LogP contribution in [0.3, 0.4) is 0 Å². The molecule has 0 fully saturated rings. The van der Waals surface area contributed by atoms with Crippen molar-refractivity contribution in [3.63, 3.8) is 0 Å². The van der Waals surface area contributed by atoms with Gasteiger partial charge in [-0.05, 0) is 101 Å². The molecule has 9 aromatic carbocycles. The molecule has 10 aromatic rings. The summed E-state index contributed by atoms with van der Waals surface area (Å²) in [5, 5.41) is 7.30. The first-order valence-corrected chi connectivity index (χ1v) is 19.7. The first-order chi connectivity index (χ1) is 28.0. The maximum Gasteiger partial charge on any atom is 0.161 e. The van der Waals surface area contributed by atoms with Crippen LogP contribution in [-0.4, -0.2) is 9.97 Å². The van der Waals surface area contributed by atoms with Crippen molar-refractivity contribution in [2.45, 2.75) is 19.3 Å². The maximum absolute atomic E-state index is 5.28. The highest BCUT2D eigenvalue weighted by Gasteiger charge is 2.38. The lowest BCUT2D eigenvalue weighted by atomic mass is 9.78. The Morgan fingerprint density at radius 2 is 0.930 bits per heavy atom. The summed E-state index contributed by atoms with van der Waals surface area (Å²) in [5.74, 6) is 0.713. The summed E-state index contributed by atoms with van der Waals surface area (Å²) >= 11 is 0. The number of benzene rings is 9. The number of hydrogen-bond acceptors (Lipinski definition) is 2. The summed E-state index contributed by atoms with van der Waals surface area (Å²) in [7, 11) is 0. The molecule has 0 N–H and O–H groups in total. The minimum atomic E-state index is -0.143. The van der Waals surface area contributed by atoms with E-state index in [0.29, 0.717) is 5.82 Å². The number of hydrogen-bond donors (Lipinski definition) is 0. The fourth-order valence-corrected chi connectivity index (χ4v) is 9.31. The Bertz CT molecular complexity index is 3210. The number of nitrogens with zero attached hydrogens (tertiary/aromatic N) is 2. The van der Waals surface area contributed by atoms with Crippen molar-refractivity contribution in [3.05, 3.63) is 205 Å². The molecule has 0 unspecified atom stereocenters. The first-order valence-electron chi connectivity index (χ1n) is 19.7. The molecule has 0 saturated heterocycles. The number of fused-ring (bicyclic) bond motifs is 7. The van der Waals surface area contributed by atoms with E-state index >= 15 is 0 Å². The Morgan fingerprint density at radius 3 is 1.74 bits per heavy atom. The number of aromatic nitrogens is 2. The van der Waals surface area contributed by atoms with Gasteiger partial charge in [0.2, 0.25) is 0 Å². The van der Waals surface area contributed by atoms with Gasteiger partial charge in [-0.15, -0.1) is 0 Å². The van der Waals surface area contributed by atoms with E-state index in [0.717, 1.165) is 33.5 Å². The molecule has 0 atom stereocenters. The lowest BCUT2D eigenvalue weighted by Gasteiger charge is -2.25. The normalized spacial score (nSPS) is 12.9. The zero-order valence-electron chi connectivity index (χ0n) is 31.9. The highest BCUT2D eigenvalue weighted by molar-refractivity contribution is 6.06. The molecule has 1 aliphatic carbocycles. The van der Waals surface area contributed by atoms with Crippen LogP contribution in [0, 0.1) is 0 Å². The quantitative estimate of drug-likeness (QED) is 0.176. The van der Waals surface area contributed by atoms with Gasteiger partial charge in [0.05, 0.1) is 11.4 Å². The highest BCUT2D eigenvalue weighted by Crippen LogP contribution is 2.54. The number of rotatable bonds is 5. The van der Waals surface area contributed by atoms with Crippen LogP contribution in [0.25, 0.3) is 99.6 Å². The molecular weight excluding hydrogens is 689 g/mol. The average Bonchev–Trinajstić information content (AvgIpc) is 3.52. The van der Waals surface area contributed by atoms with Gasteiger partial charge in [0.25, 0.3) is 0 Å². The van der Waals surface area contributed by atoms with Crippen LogP contribution in [0.5, 0.6) is 0 Å². The van der Waals surface area contributed by atoms with E-state index < -0.39 is 0 Å². The predicted octanol–water partition coefficient (Wildman–Crippen LogP) is 14.6. The first kappa shape index (κ1) is 33.2. The van der Waals surface area contributed by atoms with Crippen LogP contribution < -0.4 is 0 Å². The smallest absolute Gasteiger partial charge is 0.161 e. The molecule has 0 bridgehead atoms. The minimum absolute atomic E-state index is 0.143. The summed E-state index contributed by atoms with van der Waals surface area (Å²) in [6.45, 7) is 4.76. The van der Waals surface area contributed by atoms with Gasteiger partial charge in [-0.25, -0.2) is 9.97 Å². The average molecular weight is 727 g/mol. The van der Waals surface area contributed by atoms with E-state index in [1.54, 1.807) is 0 Å². The third kappa shape index (κ3) is 5.40. The van der Waals surface area contributed by atoms with Gasteiger partial charge < -0.3 is 0 Å². The minimum Gasteiger partial charge on any atom is -0.228 e. The molecule has 57 heavy (non-hydrogen) atoms. The third-order valence-electron chi connectivity index (χ3n) is 12.1. The molecule has 0 amide bonds. The van der Waals surface area contributed by atoms with Crippen LogP contribution in [0.4, 0.5) is 0 Å². The fourth-order valence-electron chi connectivity index (χ4n) is 9.31. The molecular formula is C55H38N2. The fraction of sp³-hybridized carbons (Fsp3) is 0.0545. The van der Waals surface area contributed by atoms with Gasteiger partial charge in [0.15, 0.2) is 5.82 Å². The molecule has 1 aliphatic rings. The van der Waals surface area contributed by atoms with Crippen molar-refractivity contribution in [3.8, 4) is 67.3 Å². The monoisotopic (exact) mass is 726 g/mol. The molecule has 268 valence electrons. The molecule has 0 saturated carbocycles. The summed E-state index contributed by atoms with van der Waals surface area (Å²) in [5.41, 5.74) is 15.2. The van der Waals surface area contributed by atoms with Crippen LogP contribution in [0.15, 0.2) is 194 Å². The lowest BCUT2D eigenvalue weighted by molar-refractivity contribution is 0.662. The molecule has 11 rings (SSSR count). The summed E-state index contributed by atoms with van der Waals surface area (Å²) < 4.78 is 0. The van der Waals surface area contributed by atoms with Crippen molar-refractivity contribution in [2.75, 3.05) is 0 Å². The summed E-state index contributed by atoms with van der Waals surface area (Å²) in [6, 6.07) is 70.1. The Hall–Kier alpha value is -7.16. The second-order valence-corrected chi connectivity index (χ2v) is 15.7. The standard InChI is InChI=1S/C55H38N2/c1-55(2)49-31-28-36-15-8-9-21-43(36)52(49)48-25-13-24-44(53(48)55)40-20-12-19-39(33-40)42-29-30-47(46-23-11-10-22-45(42)46)54-56-50(37-16-4-3-5-17-37)34-51(57-54)41-27-26-35-14-6-7-18-38(35)32-41/h3-34H,1-2H3. The van der Waals surface area contributed by atoms with Crippen molar-refractivity contribution in [1.29, 1.82) is 0 Å². The predicted molar refractivity (Wildman–Crippen MR) is 239 cm³/mol. The molecule has 0 aliphatic heterocycles. The third-order valence-corrected chi connectivity index (χ3v) is 12.1. The Balaban J connectivity index is 1.05. The van der Waals surface area contributed by atoms with Gasteiger partial charge in [0, 0.05) is 22.1 Å². The zero-order chi connectivity index (χ0) is 38.1. The van der Waals surface area contributed by atoms with Gasteiger partial charge in [-0.1, -0.05) is 184 Å². The van der Waals surface area contributed by atoms with E-state index in [4.69, 9.17) is 9.97 Å². The Morgan fingerprint density at radius 1 is 0.351 bits per heavy atom. The van der Waals surface area contributed by atoms with E-state index in [-0.39, 0.29) is 5.41 Å². The van der Waals surface area contributed by atoms with Crippen LogP contribution in [-0.2, 0) is 5.41 Å². The largest absolute Gasteiger partial charge is 0.228 e. The van der Waals surface area contributed by atoms with Gasteiger partial charge >= 0.3 is 0 Å². The van der Waals surface area contributed by atoms with Crippen LogP contribution in [0.1, 0.15) is 25.0 Å². The van der Waals surface area contributed by atoms with Crippen molar-refractivity contribution >= 4 is 32.3 Å².